The number of aromatic nitrogens is 1. The fourth-order valence-electron chi connectivity index (χ4n) is 2.39. The van der Waals surface area contributed by atoms with E-state index in [0.717, 1.165) is 5.69 Å². The van der Waals surface area contributed by atoms with E-state index in [9.17, 15) is 9.59 Å². The van der Waals surface area contributed by atoms with Gasteiger partial charge in [-0.15, -0.1) is 0 Å². The van der Waals surface area contributed by atoms with Gasteiger partial charge in [0.05, 0.1) is 5.92 Å². The highest BCUT2D eigenvalue weighted by Crippen LogP contribution is 2.25. The molecule has 6 heteroatoms. The third-order valence-corrected chi connectivity index (χ3v) is 3.44. The summed E-state index contributed by atoms with van der Waals surface area (Å²) in [5, 5.41) is 6.39. The smallest absolute Gasteiger partial charge is 0.231 e. The molecule has 1 atom stereocenters. The first-order chi connectivity index (χ1) is 10.1. The number of benzene rings is 1. The average molecular weight is 285 g/mol. The third kappa shape index (κ3) is 2.79. The zero-order valence-electron chi connectivity index (χ0n) is 11.6. The number of nitrogens with zero attached hydrogens (tertiary/aromatic N) is 2. The van der Waals surface area contributed by atoms with Crippen LogP contribution in [-0.2, 0) is 9.59 Å². The van der Waals surface area contributed by atoms with Gasteiger partial charge in [0.15, 0.2) is 5.82 Å². The highest BCUT2D eigenvalue weighted by atomic mass is 16.5. The highest BCUT2D eigenvalue weighted by Gasteiger charge is 2.35. The summed E-state index contributed by atoms with van der Waals surface area (Å²) >= 11 is 0. The predicted molar refractivity (Wildman–Crippen MR) is 76.8 cm³/mol. The van der Waals surface area contributed by atoms with Crippen molar-refractivity contribution in [3.05, 3.63) is 42.2 Å². The summed E-state index contributed by atoms with van der Waals surface area (Å²) in [7, 11) is 0. The van der Waals surface area contributed by atoms with Crippen LogP contribution in [0, 0.1) is 12.8 Å². The van der Waals surface area contributed by atoms with Crippen LogP contribution in [0.4, 0.5) is 11.5 Å². The molecular formula is C15H15N3O3. The van der Waals surface area contributed by atoms with Gasteiger partial charge in [0, 0.05) is 24.7 Å². The van der Waals surface area contributed by atoms with Crippen molar-refractivity contribution in [2.24, 2.45) is 5.92 Å². The number of aryl methyl sites for hydroxylation is 1. The van der Waals surface area contributed by atoms with E-state index in [1.807, 2.05) is 30.3 Å². The number of rotatable bonds is 3. The molecule has 108 valence electrons. The maximum Gasteiger partial charge on any atom is 0.231 e. The van der Waals surface area contributed by atoms with Crippen molar-refractivity contribution in [3.8, 4) is 0 Å². The van der Waals surface area contributed by atoms with Crippen molar-refractivity contribution in [1.82, 2.24) is 5.16 Å². The summed E-state index contributed by atoms with van der Waals surface area (Å²) in [6.45, 7) is 2.13. The third-order valence-electron chi connectivity index (χ3n) is 3.44. The first-order valence-electron chi connectivity index (χ1n) is 6.73. The molecule has 0 bridgehead atoms. The lowest BCUT2D eigenvalue weighted by Crippen LogP contribution is -2.28. The first-order valence-corrected chi connectivity index (χ1v) is 6.73. The monoisotopic (exact) mass is 285 g/mol. The minimum atomic E-state index is -0.380. The maximum atomic E-state index is 12.2. The molecule has 1 aromatic heterocycles. The number of carbonyl (C=O) groups is 2. The number of hydrogen-bond acceptors (Lipinski definition) is 4. The fourth-order valence-corrected chi connectivity index (χ4v) is 2.39. The predicted octanol–water partition coefficient (Wildman–Crippen LogP) is 1.97. The fraction of sp³-hybridized carbons (Fsp3) is 0.267. The maximum absolute atomic E-state index is 12.2. The lowest BCUT2D eigenvalue weighted by Gasteiger charge is -2.16. The van der Waals surface area contributed by atoms with Crippen LogP contribution in [0.3, 0.4) is 0 Å². The SMILES string of the molecule is Cc1cc(NC(=O)[C@H]2CC(=O)N(c3ccccc3)C2)no1. The highest BCUT2D eigenvalue weighted by molar-refractivity contribution is 6.03. The Balaban J connectivity index is 1.68. The van der Waals surface area contributed by atoms with Gasteiger partial charge in [0.1, 0.15) is 5.76 Å². The van der Waals surface area contributed by atoms with Crippen LogP contribution in [0.15, 0.2) is 40.9 Å². The molecule has 2 aromatic rings. The summed E-state index contributed by atoms with van der Waals surface area (Å²) in [4.78, 5) is 25.9. The molecule has 2 heterocycles. The van der Waals surface area contributed by atoms with E-state index in [4.69, 9.17) is 4.52 Å². The van der Waals surface area contributed by atoms with E-state index < -0.39 is 0 Å². The van der Waals surface area contributed by atoms with Crippen LogP contribution in [0.25, 0.3) is 0 Å². The Labute approximate surface area is 121 Å². The van der Waals surface area contributed by atoms with Crippen molar-refractivity contribution in [2.45, 2.75) is 13.3 Å². The number of anilines is 2. The van der Waals surface area contributed by atoms with Gasteiger partial charge in [-0.2, -0.15) is 0 Å². The van der Waals surface area contributed by atoms with Crippen molar-refractivity contribution in [3.63, 3.8) is 0 Å². The van der Waals surface area contributed by atoms with Gasteiger partial charge in [0.2, 0.25) is 11.8 Å². The van der Waals surface area contributed by atoms with E-state index in [-0.39, 0.29) is 24.2 Å². The molecule has 2 amide bonds. The van der Waals surface area contributed by atoms with E-state index in [2.05, 4.69) is 10.5 Å². The summed E-state index contributed by atoms with van der Waals surface area (Å²) in [6.07, 6.45) is 0.206. The number of para-hydroxylation sites is 1. The normalized spacial score (nSPS) is 18.0. The van der Waals surface area contributed by atoms with Gasteiger partial charge in [-0.25, -0.2) is 0 Å². The zero-order valence-corrected chi connectivity index (χ0v) is 11.6. The molecular weight excluding hydrogens is 270 g/mol. The van der Waals surface area contributed by atoms with Gasteiger partial charge < -0.3 is 14.7 Å². The molecule has 3 rings (SSSR count). The lowest BCUT2D eigenvalue weighted by molar-refractivity contribution is -0.122. The Morgan fingerprint density at radius 1 is 1.38 bits per heavy atom. The second kappa shape index (κ2) is 5.40. The summed E-state index contributed by atoms with van der Waals surface area (Å²) in [6, 6.07) is 11.0. The van der Waals surface area contributed by atoms with Crippen molar-refractivity contribution >= 4 is 23.3 Å². The molecule has 1 fully saturated rings. The van der Waals surface area contributed by atoms with Crippen LogP contribution in [0.5, 0.6) is 0 Å². The van der Waals surface area contributed by atoms with Gasteiger partial charge in [-0.1, -0.05) is 23.4 Å². The quantitative estimate of drug-likeness (QED) is 0.935. The largest absolute Gasteiger partial charge is 0.360 e. The Morgan fingerprint density at radius 2 is 2.14 bits per heavy atom. The molecule has 1 aliphatic rings. The van der Waals surface area contributed by atoms with Crippen LogP contribution in [0.1, 0.15) is 12.2 Å². The Hall–Kier alpha value is -2.63. The molecule has 0 unspecified atom stereocenters. The molecule has 0 aliphatic carbocycles. The van der Waals surface area contributed by atoms with Gasteiger partial charge >= 0.3 is 0 Å². The molecule has 1 aliphatic heterocycles. The Bertz CT molecular complexity index is 666. The van der Waals surface area contributed by atoms with Crippen molar-refractivity contribution in [1.29, 1.82) is 0 Å². The van der Waals surface area contributed by atoms with Crippen LogP contribution in [-0.4, -0.2) is 23.5 Å². The van der Waals surface area contributed by atoms with E-state index in [1.54, 1.807) is 17.9 Å². The molecule has 1 N–H and O–H groups in total. The zero-order chi connectivity index (χ0) is 14.8. The second-order valence-corrected chi connectivity index (χ2v) is 5.05. The van der Waals surface area contributed by atoms with Gasteiger partial charge in [-0.05, 0) is 19.1 Å². The lowest BCUT2D eigenvalue weighted by atomic mass is 10.1. The van der Waals surface area contributed by atoms with Crippen LogP contribution >= 0.6 is 0 Å². The number of amides is 2. The van der Waals surface area contributed by atoms with Crippen molar-refractivity contribution in [2.75, 3.05) is 16.8 Å². The number of carbonyl (C=O) groups excluding carboxylic acids is 2. The summed E-state index contributed by atoms with van der Waals surface area (Å²) < 4.78 is 4.90. The van der Waals surface area contributed by atoms with Gasteiger partial charge in [-0.3, -0.25) is 9.59 Å². The molecule has 21 heavy (non-hydrogen) atoms. The van der Waals surface area contributed by atoms with Crippen LogP contribution in [0.2, 0.25) is 0 Å². The molecule has 6 nitrogen and oxygen atoms in total. The number of nitrogens with one attached hydrogen (secondary N) is 1. The Morgan fingerprint density at radius 3 is 2.81 bits per heavy atom. The van der Waals surface area contributed by atoms with E-state index >= 15 is 0 Å². The van der Waals surface area contributed by atoms with Crippen molar-refractivity contribution < 1.29 is 14.1 Å². The minimum Gasteiger partial charge on any atom is -0.360 e. The molecule has 0 saturated carbocycles. The molecule has 0 spiro atoms. The average Bonchev–Trinajstić information content (AvgIpc) is 3.06. The second-order valence-electron chi connectivity index (χ2n) is 5.05. The summed E-state index contributed by atoms with van der Waals surface area (Å²) in [5.41, 5.74) is 0.815. The molecule has 1 aromatic carbocycles. The van der Waals surface area contributed by atoms with Crippen LogP contribution < -0.4 is 10.2 Å². The van der Waals surface area contributed by atoms with E-state index in [1.165, 1.54) is 0 Å². The topological polar surface area (TPSA) is 75.4 Å². The van der Waals surface area contributed by atoms with Gasteiger partial charge in [0.25, 0.3) is 0 Å². The van der Waals surface area contributed by atoms with E-state index in [0.29, 0.717) is 18.1 Å². The minimum absolute atomic E-state index is 0.0438. The molecule has 1 saturated heterocycles. The number of hydrogen-bond donors (Lipinski definition) is 1. The molecule has 0 radical (unpaired) electrons. The Kier molecular flexibility index (Phi) is 3.43. The standard InChI is InChI=1S/C15H15N3O3/c1-10-7-13(17-21-10)16-15(20)11-8-14(19)18(9-11)12-5-3-2-4-6-12/h2-7,11H,8-9H2,1H3,(H,16,17,20)/t11-/m0/s1. The summed E-state index contributed by atoms with van der Waals surface area (Å²) in [5.74, 6) is 0.365. The first kappa shape index (κ1) is 13.4.